The fourth-order valence-corrected chi connectivity index (χ4v) is 2.58. The second-order valence-electron chi connectivity index (χ2n) is 5.09. The first-order valence-corrected chi connectivity index (χ1v) is 7.15. The van der Waals surface area contributed by atoms with Crippen LogP contribution in [0.3, 0.4) is 0 Å². The number of rotatable bonds is 4. The predicted octanol–water partition coefficient (Wildman–Crippen LogP) is 4.09. The lowest BCUT2D eigenvalue weighted by molar-refractivity contribution is -0.115. The second-order valence-corrected chi connectivity index (χ2v) is 5.09. The Morgan fingerprint density at radius 2 is 1.95 bits per heavy atom. The van der Waals surface area contributed by atoms with Gasteiger partial charge in [-0.1, -0.05) is 37.1 Å². The summed E-state index contributed by atoms with van der Waals surface area (Å²) in [6, 6.07) is 7.77. The molecular formula is C17H22O2. The summed E-state index contributed by atoms with van der Waals surface area (Å²) < 4.78 is 5.31. The van der Waals surface area contributed by atoms with Crippen molar-refractivity contribution in [2.75, 3.05) is 7.11 Å². The smallest absolute Gasteiger partial charge is 0.163 e. The highest BCUT2D eigenvalue weighted by Gasteiger charge is 2.13. The van der Waals surface area contributed by atoms with Crippen LogP contribution in [0.2, 0.25) is 0 Å². The van der Waals surface area contributed by atoms with E-state index in [1.807, 2.05) is 24.3 Å². The zero-order valence-corrected chi connectivity index (χ0v) is 11.7. The average molecular weight is 258 g/mol. The highest BCUT2D eigenvalue weighted by Crippen LogP contribution is 2.22. The number of carbonyl (C=O) groups is 1. The van der Waals surface area contributed by atoms with Gasteiger partial charge < -0.3 is 4.74 Å². The normalized spacial score (nSPS) is 18.9. The van der Waals surface area contributed by atoms with Gasteiger partial charge in [-0.25, -0.2) is 0 Å². The maximum absolute atomic E-state index is 12.4. The van der Waals surface area contributed by atoms with E-state index in [1.165, 1.54) is 19.3 Å². The summed E-state index contributed by atoms with van der Waals surface area (Å²) in [4.78, 5) is 12.4. The van der Waals surface area contributed by atoms with Crippen LogP contribution in [0.1, 0.15) is 44.1 Å². The zero-order chi connectivity index (χ0) is 13.5. The molecule has 0 amide bonds. The van der Waals surface area contributed by atoms with Gasteiger partial charge in [-0.15, -0.1) is 0 Å². The van der Waals surface area contributed by atoms with Crippen LogP contribution in [-0.2, 0) is 11.2 Å². The van der Waals surface area contributed by atoms with Crippen molar-refractivity contribution in [1.29, 1.82) is 0 Å². The van der Waals surface area contributed by atoms with Gasteiger partial charge in [0.25, 0.3) is 0 Å². The maximum Gasteiger partial charge on any atom is 0.163 e. The molecule has 0 atom stereocenters. The van der Waals surface area contributed by atoms with Crippen molar-refractivity contribution < 1.29 is 9.53 Å². The zero-order valence-electron chi connectivity index (χ0n) is 11.7. The van der Waals surface area contributed by atoms with Crippen LogP contribution in [0.15, 0.2) is 35.9 Å². The van der Waals surface area contributed by atoms with Gasteiger partial charge in [0.1, 0.15) is 5.75 Å². The molecule has 0 saturated heterocycles. The molecule has 0 aliphatic heterocycles. The third-order valence-corrected chi connectivity index (χ3v) is 3.69. The lowest BCUT2D eigenvalue weighted by atomic mass is 9.94. The van der Waals surface area contributed by atoms with E-state index in [1.54, 1.807) is 7.11 Å². The first-order chi connectivity index (χ1) is 9.31. The summed E-state index contributed by atoms with van der Waals surface area (Å²) in [5.41, 5.74) is 2.00. The predicted molar refractivity (Wildman–Crippen MR) is 77.5 cm³/mol. The van der Waals surface area contributed by atoms with E-state index in [0.29, 0.717) is 6.42 Å². The molecule has 1 aromatic rings. The Labute approximate surface area is 115 Å². The Hall–Kier alpha value is -1.57. The summed E-state index contributed by atoms with van der Waals surface area (Å²) >= 11 is 0. The van der Waals surface area contributed by atoms with Gasteiger partial charge in [0, 0.05) is 12.0 Å². The molecule has 0 N–H and O–H groups in total. The van der Waals surface area contributed by atoms with Crippen LogP contribution in [0.25, 0.3) is 0 Å². The summed E-state index contributed by atoms with van der Waals surface area (Å²) in [6.45, 7) is 0. The molecule has 0 saturated carbocycles. The van der Waals surface area contributed by atoms with Gasteiger partial charge in [-0.05, 0) is 37.3 Å². The Morgan fingerprint density at radius 3 is 2.79 bits per heavy atom. The van der Waals surface area contributed by atoms with Crippen LogP contribution in [-0.4, -0.2) is 12.9 Å². The van der Waals surface area contributed by atoms with Crippen molar-refractivity contribution in [3.05, 3.63) is 41.5 Å². The largest absolute Gasteiger partial charge is 0.496 e. The van der Waals surface area contributed by atoms with Crippen molar-refractivity contribution in [3.8, 4) is 5.75 Å². The minimum atomic E-state index is 0.256. The number of benzene rings is 1. The molecule has 0 fully saturated rings. The van der Waals surface area contributed by atoms with Gasteiger partial charge in [0.05, 0.1) is 7.11 Å². The minimum Gasteiger partial charge on any atom is -0.496 e. The third-order valence-electron chi connectivity index (χ3n) is 3.69. The molecule has 0 unspecified atom stereocenters. The van der Waals surface area contributed by atoms with Crippen LogP contribution in [0.5, 0.6) is 5.75 Å². The number of Topliss-reactive ketones (excluding diaryl/α,β-unsaturated/α-hetero) is 1. The summed E-state index contributed by atoms with van der Waals surface area (Å²) in [6.07, 6.45) is 9.49. The molecule has 0 bridgehead atoms. The van der Waals surface area contributed by atoms with Crippen LogP contribution in [0.4, 0.5) is 0 Å². The minimum absolute atomic E-state index is 0.256. The number of hydrogen-bond acceptors (Lipinski definition) is 2. The standard InChI is InChI=1S/C17H22O2/c1-19-17-12-8-7-11-15(17)13-16(18)14-9-5-3-2-4-6-10-14/h7-9,11-12H,2-6,10,13H2,1H3/b14-9+. The molecular weight excluding hydrogens is 236 g/mol. The molecule has 2 heteroatoms. The van der Waals surface area contributed by atoms with Crippen LogP contribution in [0, 0.1) is 0 Å². The van der Waals surface area contributed by atoms with Gasteiger partial charge in [0.2, 0.25) is 0 Å². The number of para-hydroxylation sites is 1. The number of ether oxygens (including phenoxy) is 1. The van der Waals surface area contributed by atoms with Gasteiger partial charge in [0.15, 0.2) is 5.78 Å². The number of carbonyl (C=O) groups excluding carboxylic acids is 1. The molecule has 0 spiro atoms. The highest BCUT2D eigenvalue weighted by atomic mass is 16.5. The lowest BCUT2D eigenvalue weighted by Crippen LogP contribution is -2.08. The van der Waals surface area contributed by atoms with E-state index < -0.39 is 0 Å². The highest BCUT2D eigenvalue weighted by molar-refractivity contribution is 5.97. The van der Waals surface area contributed by atoms with E-state index in [-0.39, 0.29) is 5.78 Å². The van der Waals surface area contributed by atoms with E-state index in [0.717, 1.165) is 36.1 Å². The molecule has 2 nitrogen and oxygen atoms in total. The quantitative estimate of drug-likeness (QED) is 0.813. The fourth-order valence-electron chi connectivity index (χ4n) is 2.58. The van der Waals surface area contributed by atoms with Crippen molar-refractivity contribution in [2.45, 2.75) is 44.9 Å². The molecule has 0 aromatic heterocycles. The van der Waals surface area contributed by atoms with Crippen molar-refractivity contribution >= 4 is 5.78 Å². The van der Waals surface area contributed by atoms with Gasteiger partial charge in [-0.3, -0.25) is 4.79 Å². The summed E-state index contributed by atoms with van der Waals surface area (Å²) in [7, 11) is 1.65. The molecule has 19 heavy (non-hydrogen) atoms. The van der Waals surface area contributed by atoms with Crippen molar-refractivity contribution in [1.82, 2.24) is 0 Å². The first kappa shape index (κ1) is 13.9. The Balaban J connectivity index is 2.07. The van der Waals surface area contributed by atoms with Gasteiger partial charge >= 0.3 is 0 Å². The molecule has 2 rings (SSSR count). The molecule has 0 radical (unpaired) electrons. The number of allylic oxidation sites excluding steroid dienone is 2. The average Bonchev–Trinajstić information content (AvgIpc) is 2.38. The van der Waals surface area contributed by atoms with Gasteiger partial charge in [-0.2, -0.15) is 0 Å². The monoisotopic (exact) mass is 258 g/mol. The Bertz CT molecular complexity index is 460. The number of methoxy groups -OCH3 is 1. The van der Waals surface area contributed by atoms with Crippen LogP contribution >= 0.6 is 0 Å². The Morgan fingerprint density at radius 1 is 1.16 bits per heavy atom. The van der Waals surface area contributed by atoms with Crippen molar-refractivity contribution in [2.24, 2.45) is 0 Å². The topological polar surface area (TPSA) is 26.3 Å². The molecule has 102 valence electrons. The molecule has 1 aliphatic carbocycles. The summed E-state index contributed by atoms with van der Waals surface area (Å²) in [5.74, 6) is 1.06. The fraction of sp³-hybridized carbons (Fsp3) is 0.471. The van der Waals surface area contributed by atoms with Crippen LogP contribution < -0.4 is 4.74 Å². The number of hydrogen-bond donors (Lipinski definition) is 0. The van der Waals surface area contributed by atoms with Crippen molar-refractivity contribution in [3.63, 3.8) is 0 Å². The SMILES string of the molecule is COc1ccccc1CC(=O)/C1=C/CCCCCC1. The Kier molecular flexibility index (Phi) is 5.20. The number of ketones is 1. The van der Waals surface area contributed by atoms with E-state index >= 15 is 0 Å². The maximum atomic E-state index is 12.4. The molecule has 1 aliphatic rings. The first-order valence-electron chi connectivity index (χ1n) is 7.15. The lowest BCUT2D eigenvalue weighted by Gasteiger charge is -2.12. The molecule has 0 heterocycles. The van der Waals surface area contributed by atoms with E-state index in [4.69, 9.17) is 4.74 Å². The van der Waals surface area contributed by atoms with E-state index in [9.17, 15) is 4.79 Å². The third kappa shape index (κ3) is 3.95. The molecule has 1 aromatic carbocycles. The summed E-state index contributed by atoms with van der Waals surface area (Å²) in [5, 5.41) is 0. The second kappa shape index (κ2) is 7.13. The van der Waals surface area contributed by atoms with E-state index in [2.05, 4.69) is 6.08 Å².